The van der Waals surface area contributed by atoms with Crippen molar-refractivity contribution in [1.82, 2.24) is 5.32 Å². The number of nitrogens with one attached hydrogen (secondary N) is 2. The van der Waals surface area contributed by atoms with Gasteiger partial charge in [-0.3, -0.25) is 4.79 Å². The molecular formula is C24H23FN2O. The number of amides is 1. The normalized spacial score (nSPS) is 10.8. The minimum absolute atomic E-state index is 0.235. The third-order valence-electron chi connectivity index (χ3n) is 4.30. The van der Waals surface area contributed by atoms with Crippen molar-refractivity contribution in [2.45, 2.75) is 13.0 Å². The zero-order chi connectivity index (χ0) is 19.6. The van der Waals surface area contributed by atoms with Gasteiger partial charge in [0.15, 0.2) is 0 Å². The second-order valence-corrected chi connectivity index (χ2v) is 6.44. The molecular weight excluding hydrogens is 351 g/mol. The number of anilines is 1. The van der Waals surface area contributed by atoms with Crippen LogP contribution in [0.25, 0.3) is 6.08 Å². The van der Waals surface area contributed by atoms with E-state index in [1.807, 2.05) is 36.4 Å². The molecule has 0 atom stereocenters. The van der Waals surface area contributed by atoms with E-state index in [1.165, 1.54) is 23.8 Å². The Morgan fingerprint density at radius 2 is 1.64 bits per heavy atom. The van der Waals surface area contributed by atoms with Crippen molar-refractivity contribution >= 4 is 17.7 Å². The Balaban J connectivity index is 1.45. The Bertz CT molecular complexity index is 938. The minimum Gasteiger partial charge on any atom is -0.381 e. The zero-order valence-electron chi connectivity index (χ0n) is 15.6. The van der Waals surface area contributed by atoms with Crippen LogP contribution in [0.2, 0.25) is 0 Å². The molecule has 3 aromatic rings. The molecule has 0 saturated heterocycles. The maximum absolute atomic E-state index is 13.5. The maximum atomic E-state index is 13.5. The molecule has 3 aromatic carbocycles. The molecule has 0 saturated carbocycles. The van der Waals surface area contributed by atoms with Gasteiger partial charge in [-0.25, -0.2) is 4.39 Å². The monoisotopic (exact) mass is 374 g/mol. The summed E-state index contributed by atoms with van der Waals surface area (Å²) >= 11 is 0. The topological polar surface area (TPSA) is 41.1 Å². The van der Waals surface area contributed by atoms with Gasteiger partial charge >= 0.3 is 0 Å². The summed E-state index contributed by atoms with van der Waals surface area (Å²) in [7, 11) is 0. The highest BCUT2D eigenvalue weighted by molar-refractivity contribution is 5.91. The van der Waals surface area contributed by atoms with E-state index in [9.17, 15) is 9.18 Å². The first-order valence-corrected chi connectivity index (χ1v) is 9.28. The lowest BCUT2D eigenvalue weighted by Gasteiger charge is -2.09. The van der Waals surface area contributed by atoms with Crippen molar-refractivity contribution in [2.24, 2.45) is 0 Å². The smallest absolute Gasteiger partial charge is 0.244 e. The van der Waals surface area contributed by atoms with Gasteiger partial charge in [-0.2, -0.15) is 0 Å². The fraction of sp³-hybridized carbons (Fsp3) is 0.125. The Labute approximate surface area is 164 Å². The fourth-order valence-corrected chi connectivity index (χ4v) is 2.80. The first-order chi connectivity index (χ1) is 13.7. The average molecular weight is 374 g/mol. The lowest BCUT2D eigenvalue weighted by atomic mass is 10.1. The number of carbonyl (C=O) groups excluding carboxylic acids is 1. The molecule has 142 valence electrons. The van der Waals surface area contributed by atoms with Gasteiger partial charge < -0.3 is 10.6 Å². The molecule has 2 N–H and O–H groups in total. The van der Waals surface area contributed by atoms with Crippen LogP contribution in [-0.2, 0) is 17.8 Å². The molecule has 4 heteroatoms. The van der Waals surface area contributed by atoms with Crippen LogP contribution in [0.4, 0.5) is 10.1 Å². The van der Waals surface area contributed by atoms with Crippen LogP contribution in [-0.4, -0.2) is 12.5 Å². The van der Waals surface area contributed by atoms with Crippen LogP contribution < -0.4 is 10.6 Å². The van der Waals surface area contributed by atoms with Crippen LogP contribution in [0.15, 0.2) is 84.9 Å². The molecule has 3 rings (SSSR count). The third kappa shape index (κ3) is 6.09. The summed E-state index contributed by atoms with van der Waals surface area (Å²) in [6, 6.07) is 24.7. The van der Waals surface area contributed by atoms with Crippen LogP contribution in [0.3, 0.4) is 0 Å². The van der Waals surface area contributed by atoms with Crippen molar-refractivity contribution in [3.8, 4) is 0 Å². The Morgan fingerprint density at radius 1 is 0.893 bits per heavy atom. The van der Waals surface area contributed by atoms with E-state index in [4.69, 9.17) is 0 Å². The first kappa shape index (κ1) is 19.4. The highest BCUT2D eigenvalue weighted by Crippen LogP contribution is 2.13. The van der Waals surface area contributed by atoms with Crippen LogP contribution in [0, 0.1) is 5.82 Å². The molecule has 0 spiro atoms. The maximum Gasteiger partial charge on any atom is 0.244 e. The molecule has 0 unspecified atom stereocenters. The summed E-state index contributed by atoms with van der Waals surface area (Å²) in [5.41, 5.74) is 3.81. The van der Waals surface area contributed by atoms with Crippen molar-refractivity contribution in [3.05, 3.63) is 107 Å². The summed E-state index contributed by atoms with van der Waals surface area (Å²) < 4.78 is 13.5. The number of rotatable bonds is 8. The van der Waals surface area contributed by atoms with E-state index in [1.54, 1.807) is 18.2 Å². The quantitative estimate of drug-likeness (QED) is 0.556. The molecule has 0 aliphatic carbocycles. The third-order valence-corrected chi connectivity index (χ3v) is 4.30. The van der Waals surface area contributed by atoms with Gasteiger partial charge in [0.2, 0.25) is 5.91 Å². The molecule has 1 amide bonds. The van der Waals surface area contributed by atoms with E-state index in [0.29, 0.717) is 12.1 Å². The molecule has 0 aromatic heterocycles. The summed E-state index contributed by atoms with van der Waals surface area (Å²) in [6.45, 7) is 1.28. The van der Waals surface area contributed by atoms with E-state index in [2.05, 4.69) is 28.8 Å². The summed E-state index contributed by atoms with van der Waals surface area (Å²) in [4.78, 5) is 11.9. The van der Waals surface area contributed by atoms with E-state index < -0.39 is 0 Å². The fourth-order valence-electron chi connectivity index (χ4n) is 2.80. The first-order valence-electron chi connectivity index (χ1n) is 9.28. The highest BCUT2D eigenvalue weighted by Gasteiger charge is 2.00. The molecule has 0 aliphatic heterocycles. The molecule has 0 aliphatic rings. The van der Waals surface area contributed by atoms with E-state index in [0.717, 1.165) is 24.2 Å². The van der Waals surface area contributed by atoms with Gasteiger partial charge in [0.05, 0.1) is 0 Å². The number of carbonyl (C=O) groups is 1. The lowest BCUT2D eigenvalue weighted by molar-refractivity contribution is -0.116. The molecule has 0 fully saturated rings. The second kappa shape index (κ2) is 10.1. The van der Waals surface area contributed by atoms with Crippen molar-refractivity contribution in [2.75, 3.05) is 11.9 Å². The number of hydrogen-bond donors (Lipinski definition) is 2. The van der Waals surface area contributed by atoms with Crippen molar-refractivity contribution in [3.63, 3.8) is 0 Å². The predicted octanol–water partition coefficient (Wildman–Crippen LogP) is 4.81. The largest absolute Gasteiger partial charge is 0.381 e. The van der Waals surface area contributed by atoms with E-state index >= 15 is 0 Å². The lowest BCUT2D eigenvalue weighted by Crippen LogP contribution is -2.23. The van der Waals surface area contributed by atoms with Crippen LogP contribution >= 0.6 is 0 Å². The number of hydrogen-bond acceptors (Lipinski definition) is 2. The van der Waals surface area contributed by atoms with E-state index in [-0.39, 0.29) is 11.7 Å². The number of benzene rings is 3. The highest BCUT2D eigenvalue weighted by atomic mass is 19.1. The second-order valence-electron chi connectivity index (χ2n) is 6.44. The molecule has 0 bridgehead atoms. The van der Waals surface area contributed by atoms with Crippen LogP contribution in [0.5, 0.6) is 0 Å². The molecule has 0 heterocycles. The summed E-state index contributed by atoms with van der Waals surface area (Å²) in [6.07, 6.45) is 3.56. The van der Waals surface area contributed by atoms with Crippen LogP contribution in [0.1, 0.15) is 16.7 Å². The van der Waals surface area contributed by atoms with Gasteiger partial charge in [-0.15, -0.1) is 0 Å². The summed E-state index contributed by atoms with van der Waals surface area (Å²) in [5, 5.41) is 6.24. The van der Waals surface area contributed by atoms with Gasteiger partial charge in [0.1, 0.15) is 5.82 Å². The Hall–Kier alpha value is -3.40. The van der Waals surface area contributed by atoms with Gasteiger partial charge in [0.25, 0.3) is 0 Å². The zero-order valence-corrected chi connectivity index (χ0v) is 15.6. The molecule has 28 heavy (non-hydrogen) atoms. The average Bonchev–Trinajstić information content (AvgIpc) is 2.73. The molecule has 3 nitrogen and oxygen atoms in total. The molecule has 0 radical (unpaired) electrons. The SMILES string of the molecule is O=C(C=Cc1ccccc1F)NCCc1cccc(NCc2ccccc2)c1. The predicted molar refractivity (Wildman–Crippen MR) is 112 cm³/mol. The number of halogens is 1. The van der Waals surface area contributed by atoms with Gasteiger partial charge in [0, 0.05) is 30.4 Å². The van der Waals surface area contributed by atoms with Crippen molar-refractivity contribution in [1.29, 1.82) is 0 Å². The van der Waals surface area contributed by atoms with Gasteiger partial charge in [-0.05, 0) is 41.8 Å². The standard InChI is InChI=1S/C24H23FN2O/c25-23-12-5-4-10-21(23)13-14-24(28)26-16-15-19-9-6-11-22(17-19)27-18-20-7-2-1-3-8-20/h1-14,17,27H,15-16,18H2,(H,26,28). The van der Waals surface area contributed by atoms with Gasteiger partial charge in [-0.1, -0.05) is 60.7 Å². The summed E-state index contributed by atoms with van der Waals surface area (Å²) in [5.74, 6) is -0.576. The Morgan fingerprint density at radius 3 is 2.46 bits per heavy atom. The minimum atomic E-state index is -0.341. The Kier molecular flexibility index (Phi) is 6.96. The van der Waals surface area contributed by atoms with Crippen molar-refractivity contribution < 1.29 is 9.18 Å².